The van der Waals surface area contributed by atoms with Crippen molar-refractivity contribution in [2.24, 2.45) is 0 Å². The zero-order valence-electron chi connectivity index (χ0n) is 16.9. The normalized spacial score (nSPS) is 11.3. The van der Waals surface area contributed by atoms with Gasteiger partial charge in [0.1, 0.15) is 5.82 Å². The van der Waals surface area contributed by atoms with Gasteiger partial charge in [-0.05, 0) is 36.4 Å². The molecule has 0 atom stereocenters. The van der Waals surface area contributed by atoms with E-state index in [1.165, 1.54) is 12.1 Å². The summed E-state index contributed by atoms with van der Waals surface area (Å²) in [6, 6.07) is 17.7. The molecule has 0 spiro atoms. The molecule has 4 rings (SSSR count). The van der Waals surface area contributed by atoms with E-state index in [1.54, 1.807) is 18.5 Å². The summed E-state index contributed by atoms with van der Waals surface area (Å²) in [6.07, 6.45) is -0.997. The van der Waals surface area contributed by atoms with Gasteiger partial charge >= 0.3 is 6.18 Å². The maximum Gasteiger partial charge on any atom is 0.416 e. The van der Waals surface area contributed by atoms with Gasteiger partial charge < -0.3 is 10.6 Å². The van der Waals surface area contributed by atoms with Crippen molar-refractivity contribution in [3.63, 3.8) is 0 Å². The maximum atomic E-state index is 12.9. The Morgan fingerprint density at radius 3 is 1.88 bits per heavy atom. The van der Waals surface area contributed by atoms with E-state index in [4.69, 9.17) is 5.73 Å². The number of nitrogens with two attached hydrogens (primary N) is 1. The lowest BCUT2D eigenvalue weighted by Gasteiger charge is -2.24. The van der Waals surface area contributed by atoms with Crippen LogP contribution in [-0.2, 0) is 19.3 Å². The number of nitrogens with zero attached hydrogens (tertiary/aromatic N) is 5. The van der Waals surface area contributed by atoms with Gasteiger partial charge in [-0.15, -0.1) is 0 Å². The molecule has 3 heterocycles. The standard InChI is InChI=1S/C23H19F3N6/c24-23(25,26)17-9-7-16(8-10-17)20-13-21(31-22(27)30-20)32(14-18-5-1-3-11-28-18)15-19-6-2-4-12-29-19/h1-13H,14-15H2,(H2,27,30,31). The van der Waals surface area contributed by atoms with Crippen LogP contribution in [0.15, 0.2) is 79.1 Å². The second-order valence-electron chi connectivity index (χ2n) is 7.04. The summed E-state index contributed by atoms with van der Waals surface area (Å²) in [5.74, 6) is 0.535. The van der Waals surface area contributed by atoms with Crippen LogP contribution in [0, 0.1) is 0 Å². The van der Waals surface area contributed by atoms with Gasteiger partial charge in [0.2, 0.25) is 5.95 Å². The molecular formula is C23H19F3N6. The summed E-state index contributed by atoms with van der Waals surface area (Å²) < 4.78 is 38.7. The van der Waals surface area contributed by atoms with Crippen molar-refractivity contribution in [3.8, 4) is 11.3 Å². The first-order chi connectivity index (χ1) is 15.4. The van der Waals surface area contributed by atoms with Crippen LogP contribution >= 0.6 is 0 Å². The summed E-state index contributed by atoms with van der Waals surface area (Å²) in [5.41, 5.74) is 7.79. The van der Waals surface area contributed by atoms with Crippen LogP contribution in [0.2, 0.25) is 0 Å². The summed E-state index contributed by atoms with van der Waals surface area (Å²) in [4.78, 5) is 19.3. The molecule has 0 amide bonds. The van der Waals surface area contributed by atoms with E-state index in [0.29, 0.717) is 30.2 Å². The van der Waals surface area contributed by atoms with Crippen LogP contribution in [0.5, 0.6) is 0 Å². The topological polar surface area (TPSA) is 80.8 Å². The van der Waals surface area contributed by atoms with Gasteiger partial charge in [-0.25, -0.2) is 4.98 Å². The molecule has 0 fully saturated rings. The fourth-order valence-electron chi connectivity index (χ4n) is 3.18. The first kappa shape index (κ1) is 21.2. The average Bonchev–Trinajstić information content (AvgIpc) is 2.79. The van der Waals surface area contributed by atoms with E-state index < -0.39 is 11.7 Å². The number of aromatic nitrogens is 4. The quantitative estimate of drug-likeness (QED) is 0.470. The van der Waals surface area contributed by atoms with Crippen LogP contribution < -0.4 is 10.6 Å². The van der Waals surface area contributed by atoms with Gasteiger partial charge in [0.05, 0.1) is 35.7 Å². The predicted molar refractivity (Wildman–Crippen MR) is 115 cm³/mol. The van der Waals surface area contributed by atoms with Gasteiger partial charge in [0.25, 0.3) is 0 Å². The van der Waals surface area contributed by atoms with E-state index in [9.17, 15) is 13.2 Å². The van der Waals surface area contributed by atoms with Crippen molar-refractivity contribution in [1.82, 2.24) is 19.9 Å². The zero-order valence-corrected chi connectivity index (χ0v) is 16.9. The molecular weight excluding hydrogens is 417 g/mol. The van der Waals surface area contributed by atoms with Crippen molar-refractivity contribution in [2.75, 3.05) is 10.6 Å². The number of alkyl halides is 3. The highest BCUT2D eigenvalue weighted by Crippen LogP contribution is 2.31. The van der Waals surface area contributed by atoms with Crippen molar-refractivity contribution in [1.29, 1.82) is 0 Å². The predicted octanol–water partition coefficient (Wildman–Crippen LogP) is 4.74. The Balaban J connectivity index is 1.70. The molecule has 0 aliphatic heterocycles. The lowest BCUT2D eigenvalue weighted by molar-refractivity contribution is -0.137. The minimum atomic E-state index is -4.41. The highest BCUT2D eigenvalue weighted by molar-refractivity contribution is 5.65. The molecule has 32 heavy (non-hydrogen) atoms. The van der Waals surface area contributed by atoms with Crippen LogP contribution in [-0.4, -0.2) is 19.9 Å². The minimum Gasteiger partial charge on any atom is -0.368 e. The second kappa shape index (κ2) is 9.01. The first-order valence-electron chi connectivity index (χ1n) is 9.75. The van der Waals surface area contributed by atoms with Gasteiger partial charge in [0, 0.05) is 24.0 Å². The molecule has 0 aliphatic rings. The van der Waals surface area contributed by atoms with Gasteiger partial charge in [0.15, 0.2) is 0 Å². The minimum absolute atomic E-state index is 0.0180. The smallest absolute Gasteiger partial charge is 0.368 e. The Morgan fingerprint density at radius 2 is 1.38 bits per heavy atom. The summed E-state index contributed by atoms with van der Waals surface area (Å²) in [6.45, 7) is 0.862. The van der Waals surface area contributed by atoms with Gasteiger partial charge in [-0.1, -0.05) is 24.3 Å². The number of pyridine rings is 2. The highest BCUT2D eigenvalue weighted by atomic mass is 19.4. The SMILES string of the molecule is Nc1nc(-c2ccc(C(F)(F)F)cc2)cc(N(Cc2ccccn2)Cc2ccccn2)n1. The number of halogens is 3. The van der Waals surface area contributed by atoms with Crippen LogP contribution in [0.3, 0.4) is 0 Å². The molecule has 0 radical (unpaired) electrons. The van der Waals surface area contributed by atoms with E-state index >= 15 is 0 Å². The first-order valence-corrected chi connectivity index (χ1v) is 9.75. The highest BCUT2D eigenvalue weighted by Gasteiger charge is 2.30. The Morgan fingerprint density at radius 1 is 0.781 bits per heavy atom. The summed E-state index contributed by atoms with van der Waals surface area (Å²) in [7, 11) is 0. The number of anilines is 2. The van der Waals surface area contributed by atoms with Crippen LogP contribution in [0.1, 0.15) is 17.0 Å². The van der Waals surface area contributed by atoms with Crippen LogP contribution in [0.25, 0.3) is 11.3 Å². The molecule has 9 heteroatoms. The van der Waals surface area contributed by atoms with Gasteiger partial charge in [-0.2, -0.15) is 18.2 Å². The molecule has 0 aliphatic carbocycles. The molecule has 1 aromatic carbocycles. The fourth-order valence-corrected chi connectivity index (χ4v) is 3.18. The Hall–Kier alpha value is -4.01. The van der Waals surface area contributed by atoms with Crippen LogP contribution in [0.4, 0.5) is 24.9 Å². The zero-order chi connectivity index (χ0) is 22.6. The molecule has 4 aromatic rings. The van der Waals surface area contributed by atoms with E-state index in [-0.39, 0.29) is 5.95 Å². The number of rotatable bonds is 6. The third kappa shape index (κ3) is 5.18. The van der Waals surface area contributed by atoms with Crippen molar-refractivity contribution < 1.29 is 13.2 Å². The summed E-state index contributed by atoms with van der Waals surface area (Å²) in [5, 5.41) is 0. The number of hydrogen-bond acceptors (Lipinski definition) is 6. The Kier molecular flexibility index (Phi) is 5.98. The third-order valence-electron chi connectivity index (χ3n) is 4.72. The average molecular weight is 436 g/mol. The Bertz CT molecular complexity index is 1120. The van der Waals surface area contributed by atoms with Crippen molar-refractivity contribution in [2.45, 2.75) is 19.3 Å². The molecule has 2 N–H and O–H groups in total. The second-order valence-corrected chi connectivity index (χ2v) is 7.04. The molecule has 0 unspecified atom stereocenters. The largest absolute Gasteiger partial charge is 0.416 e. The van der Waals surface area contributed by atoms with Gasteiger partial charge in [-0.3, -0.25) is 9.97 Å². The van der Waals surface area contributed by atoms with Crippen molar-refractivity contribution >= 4 is 11.8 Å². The lowest BCUT2D eigenvalue weighted by Crippen LogP contribution is -2.24. The Labute approximate surface area is 182 Å². The molecule has 3 aromatic heterocycles. The molecule has 162 valence electrons. The monoisotopic (exact) mass is 436 g/mol. The molecule has 6 nitrogen and oxygen atoms in total. The number of hydrogen-bond donors (Lipinski definition) is 1. The van der Waals surface area contributed by atoms with E-state index in [2.05, 4.69) is 19.9 Å². The molecule has 0 saturated carbocycles. The lowest BCUT2D eigenvalue weighted by atomic mass is 10.1. The van der Waals surface area contributed by atoms with E-state index in [0.717, 1.165) is 23.5 Å². The number of nitrogen functional groups attached to an aromatic ring is 1. The molecule has 0 saturated heterocycles. The van der Waals surface area contributed by atoms with E-state index in [1.807, 2.05) is 41.3 Å². The van der Waals surface area contributed by atoms with Crippen molar-refractivity contribution in [3.05, 3.63) is 96.1 Å². The third-order valence-corrected chi connectivity index (χ3v) is 4.72. The maximum absolute atomic E-state index is 12.9. The summed E-state index contributed by atoms with van der Waals surface area (Å²) >= 11 is 0. The number of benzene rings is 1. The molecule has 0 bridgehead atoms. The fraction of sp³-hybridized carbons (Fsp3) is 0.130.